The second kappa shape index (κ2) is 46.7. The number of fused-ring (bicyclic) bond motifs is 4. The van der Waals surface area contributed by atoms with Crippen molar-refractivity contribution in [2.75, 3.05) is 68.8 Å². The molecule has 0 saturated heterocycles. The SMILES string of the molecule is CC1C[C@H](N)C[C@@H]1CO.C[C@H]1C[C@H](Nc2ncncc2C(=O)c2cc(C3OCCc4cc(F)c(F)cc43)c(Cl)s2)C[C@@H]1CO.C[C@H]1C[C@H](Nc2ncncc2C(=O)c2cc(C3OCCc4cc(F)c(F)cc43)cs2)C[C@@H]1CO.NS(=O)(=O)OC[C@H]1C[C@@H](Nc2ncncc2C(=O)c2cc(C3OCCc4cc(F)c(F)cc43)cs2)C[C@@H]1O.O=C(c1cc(C2OCCc3cc(F)c(F)cc32)c(Cl)s1)c1cncnc1Cl.[HH]. The minimum atomic E-state index is -4.13. The van der Waals surface area contributed by atoms with Crippen LogP contribution in [0.4, 0.5) is 52.6 Å². The fraction of sp³-hybridized carbons (Fsp3) is 0.394. The number of aliphatic hydroxyl groups is 4. The summed E-state index contributed by atoms with van der Waals surface area (Å²) >= 11 is 23.4. The van der Waals surface area contributed by atoms with E-state index in [0.29, 0.717) is 207 Å². The Balaban J connectivity index is 0.000000140. The van der Waals surface area contributed by atoms with E-state index in [9.17, 15) is 78.0 Å². The number of aromatic nitrogens is 8. The number of anilines is 3. The third-order valence-corrected chi connectivity index (χ3v) is 32.4. The van der Waals surface area contributed by atoms with Crippen LogP contribution in [-0.4, -0.2) is 175 Å². The second-order valence-corrected chi connectivity index (χ2v) is 43.2. The molecule has 0 spiro atoms. The lowest BCUT2D eigenvalue weighted by atomic mass is 9.93. The van der Waals surface area contributed by atoms with Crippen LogP contribution in [0, 0.1) is 88.0 Å². The molecule has 5 unspecified atom stereocenters. The molecule has 11 N–H and O–H groups in total. The number of hydrogen-bond acceptors (Lipinski definition) is 31. The minimum Gasteiger partial charge on any atom is -0.396 e. The number of halogens is 11. The van der Waals surface area contributed by atoms with Gasteiger partial charge in [-0.3, -0.25) is 23.4 Å². The van der Waals surface area contributed by atoms with Crippen molar-refractivity contribution in [2.24, 2.45) is 52.3 Å². The van der Waals surface area contributed by atoms with Crippen molar-refractivity contribution >= 4 is 131 Å². The Labute approximate surface area is 848 Å². The Kier molecular flexibility index (Phi) is 34.5. The predicted octanol–water partition coefficient (Wildman–Crippen LogP) is 17.8. The van der Waals surface area contributed by atoms with Crippen molar-refractivity contribution in [3.05, 3.63) is 303 Å². The van der Waals surface area contributed by atoms with E-state index >= 15 is 0 Å². The summed E-state index contributed by atoms with van der Waals surface area (Å²) in [7, 11) is -4.13. The summed E-state index contributed by atoms with van der Waals surface area (Å²) in [5.41, 5.74) is 14.0. The zero-order valence-corrected chi connectivity index (χ0v) is 83.1. The van der Waals surface area contributed by atoms with Gasteiger partial charge >= 0.3 is 10.3 Å². The molecule has 28 nitrogen and oxygen atoms in total. The summed E-state index contributed by atoms with van der Waals surface area (Å²) in [5, 5.41) is 56.6. The molecule has 4 aliphatic heterocycles. The van der Waals surface area contributed by atoms with Crippen molar-refractivity contribution in [1.82, 2.24) is 39.9 Å². The van der Waals surface area contributed by atoms with Crippen LogP contribution in [0.25, 0.3) is 0 Å². The molecule has 0 amide bonds. The van der Waals surface area contributed by atoms with Crippen molar-refractivity contribution in [1.29, 1.82) is 0 Å². The number of aliphatic hydroxyl groups excluding tert-OH is 4. The van der Waals surface area contributed by atoms with Crippen molar-refractivity contribution in [3.8, 4) is 0 Å². The molecule has 12 heterocycles. The van der Waals surface area contributed by atoms with Crippen molar-refractivity contribution < 1.29 is 108 Å². The van der Waals surface area contributed by atoms with Gasteiger partial charge in [0.1, 0.15) is 72.3 Å². The van der Waals surface area contributed by atoms with Crippen LogP contribution in [0.1, 0.15) is 226 Å². The van der Waals surface area contributed by atoms with Crippen LogP contribution >= 0.6 is 80.1 Å². The van der Waals surface area contributed by atoms with Gasteiger partial charge in [0.25, 0.3) is 0 Å². The highest BCUT2D eigenvalue weighted by molar-refractivity contribution is 7.84. The molecule has 4 aliphatic carbocycles. The van der Waals surface area contributed by atoms with Gasteiger partial charge in [-0.1, -0.05) is 55.6 Å². The number of ether oxygens (including phenoxy) is 4. The molecular weight excluding hydrogens is 2030 g/mol. The largest absolute Gasteiger partial charge is 0.396 e. The summed E-state index contributed by atoms with van der Waals surface area (Å²) in [4.78, 5) is 87.0. The maximum absolute atomic E-state index is 14.0. The molecule has 16 atom stereocenters. The van der Waals surface area contributed by atoms with Gasteiger partial charge in [0.2, 0.25) is 23.1 Å². The summed E-state index contributed by atoms with van der Waals surface area (Å²) in [6.07, 6.45) is 15.6. The smallest absolute Gasteiger partial charge is 0.333 e. The standard InChI is InChI=1S/C25H24ClF2N3O3S.C25H25F2N3O3S.C24H24F2N4O6S2.C18H10Cl2F2N2O2S.C7H15NO.H2/c1-12-4-15(5-14(12)10-32)31-25-18(9-29-11-30-25)22(33)21-8-17(24(26)35-21)23-16-7-20(28)19(27)6-13(16)2-3-34-23;1-13-4-17(5-15(13)10-31)30-25-19(9-28-12-29-25)23(32)22-7-16(11-34-22)24-18-8-21(27)20(26)6-14(18)2-3-33-24;25-18-4-12-1-2-35-23(16(12)7-19(18)26)14-5-21(37-10-14)22(32)17-8-28-11-29-24(17)30-15-3-13(20(31)6-15)9-36-38(27,33)34;19-17-11(6-23-7-24-17)15(25)14-5-10(18(20)27-14)16-9-4-13(22)12(21)3-8(9)1-2-26-16;1-5-2-7(8)3-6(5)4-9;/h6-9,11-12,14-15,23,32H,2-5,10H2,1H3,(H,29,30,31);6-9,11-13,15,17,24,31H,2-5,10H2,1H3,(H,28,29,30);4-5,7-8,10-11,13,15,20,23,31H,1-3,6,9H2,(H2,27,33,34)(H,28,29,30);3-7,16H,1-2H2;5-7,9H,2-4,8H2,1H3;1H/t12-,14+,15-,23?;13-,15+,17-,24?;13-,15-,20+,23?;;5?,6-,7+;/m001.1./s1. The van der Waals surface area contributed by atoms with Gasteiger partial charge in [0.15, 0.2) is 46.5 Å². The molecule has 20 rings (SSSR count). The third kappa shape index (κ3) is 24.7. The minimum absolute atomic E-state index is 0. The highest BCUT2D eigenvalue weighted by Gasteiger charge is 2.40. The van der Waals surface area contributed by atoms with E-state index in [1.54, 1.807) is 29.6 Å². The molecule has 143 heavy (non-hydrogen) atoms. The number of nitrogens with one attached hydrogen (secondary N) is 3. The van der Waals surface area contributed by atoms with E-state index < -0.39 is 93.3 Å². The number of nitrogens with two attached hydrogens (primary N) is 2. The normalized spacial score (nSPS) is 23.6. The molecule has 4 fully saturated rings. The van der Waals surface area contributed by atoms with Gasteiger partial charge in [-0.15, -0.1) is 45.3 Å². The first-order chi connectivity index (χ1) is 68.6. The zero-order chi connectivity index (χ0) is 102. The average Bonchev–Trinajstić information content (AvgIpc) is 1.54. The number of thiophene rings is 4. The molecule has 758 valence electrons. The van der Waals surface area contributed by atoms with E-state index in [2.05, 4.69) is 80.8 Å². The summed E-state index contributed by atoms with van der Waals surface area (Å²) in [6.45, 7) is 8.10. The van der Waals surface area contributed by atoms with Crippen LogP contribution in [0.15, 0.2) is 134 Å². The second-order valence-electron chi connectivity index (χ2n) is 36.5. The predicted molar refractivity (Wildman–Crippen MR) is 523 cm³/mol. The number of nitrogens with zero attached hydrogens (tertiary/aromatic N) is 8. The molecular formula is C99H100Cl3F8N13O15S5. The van der Waals surface area contributed by atoms with Crippen LogP contribution in [-0.2, 0) is 59.1 Å². The van der Waals surface area contributed by atoms with Crippen molar-refractivity contribution in [3.63, 3.8) is 0 Å². The van der Waals surface area contributed by atoms with Gasteiger partial charge in [-0.2, -0.15) is 8.42 Å². The average molecular weight is 2130 g/mol. The summed E-state index contributed by atoms with van der Waals surface area (Å²) in [6, 6.07) is 16.2. The molecule has 8 aliphatic rings. The first-order valence-electron chi connectivity index (χ1n) is 46.0. The van der Waals surface area contributed by atoms with Gasteiger partial charge in [0.05, 0.1) is 89.6 Å². The van der Waals surface area contributed by atoms with Crippen LogP contribution < -0.4 is 26.8 Å². The molecule has 0 radical (unpaired) electrons. The fourth-order valence-corrected chi connectivity index (χ4v) is 24.3. The Morgan fingerprint density at radius 2 is 0.748 bits per heavy atom. The Bertz CT molecular complexity index is 6810. The van der Waals surface area contributed by atoms with E-state index in [1.165, 1.54) is 103 Å². The highest BCUT2D eigenvalue weighted by Crippen LogP contribution is 2.47. The summed E-state index contributed by atoms with van der Waals surface area (Å²) < 4.78 is 161. The fourth-order valence-electron chi connectivity index (χ4n) is 19.4. The van der Waals surface area contributed by atoms with Gasteiger partial charge in [-0.05, 0) is 252 Å². The van der Waals surface area contributed by atoms with E-state index in [0.717, 1.165) is 85.0 Å². The van der Waals surface area contributed by atoms with Gasteiger partial charge in [0, 0.05) is 87.2 Å². The van der Waals surface area contributed by atoms with Gasteiger partial charge in [-0.25, -0.2) is 80.1 Å². The molecule has 4 aromatic carbocycles. The maximum Gasteiger partial charge on any atom is 0.333 e. The van der Waals surface area contributed by atoms with Crippen LogP contribution in [0.2, 0.25) is 13.8 Å². The first kappa shape index (κ1) is 106. The number of ketones is 4. The molecule has 8 aromatic heterocycles. The zero-order valence-electron chi connectivity index (χ0n) is 76.8. The van der Waals surface area contributed by atoms with E-state index in [1.807, 2.05) is 5.38 Å². The Morgan fingerprint density at radius 1 is 0.427 bits per heavy atom. The van der Waals surface area contributed by atoms with Crippen LogP contribution in [0.5, 0.6) is 0 Å². The lowest BCUT2D eigenvalue weighted by molar-refractivity contribution is 0.0694. The number of carbonyl (C=O) groups excluding carboxylic acids is 4. The first-order valence-corrected chi connectivity index (χ1v) is 52.0. The number of hydrogen-bond donors (Lipinski definition) is 9. The van der Waals surface area contributed by atoms with E-state index in [4.69, 9.17) is 69.7 Å². The number of rotatable bonds is 24. The molecule has 4 saturated carbocycles. The Hall–Kier alpha value is -10.1. The highest BCUT2D eigenvalue weighted by atomic mass is 35.5. The van der Waals surface area contributed by atoms with E-state index in [-0.39, 0.29) is 103 Å². The van der Waals surface area contributed by atoms with Gasteiger partial charge < -0.3 is 61.1 Å². The van der Waals surface area contributed by atoms with Crippen LogP contribution in [0.3, 0.4) is 0 Å². The molecule has 0 bridgehead atoms. The topological polar surface area (TPSA) is 421 Å². The monoisotopic (exact) mass is 2130 g/mol. The molecule has 12 aromatic rings. The number of carbonyl (C=O) groups is 4. The third-order valence-electron chi connectivity index (χ3n) is 27.0. The number of benzene rings is 4. The van der Waals surface area contributed by atoms with Crippen molar-refractivity contribution in [2.45, 2.75) is 153 Å². The molecule has 44 heteroatoms. The Morgan fingerprint density at radius 3 is 1.10 bits per heavy atom. The maximum atomic E-state index is 14.0. The summed E-state index contributed by atoms with van der Waals surface area (Å²) in [5.74, 6) is -5.59. The lowest BCUT2D eigenvalue weighted by Gasteiger charge is -2.26. The lowest BCUT2D eigenvalue weighted by Crippen LogP contribution is -2.24. The quantitative estimate of drug-likeness (QED) is 0.0154.